The zero-order chi connectivity index (χ0) is 20.6. The van der Waals surface area contributed by atoms with Gasteiger partial charge in [-0.25, -0.2) is 17.8 Å². The molecule has 0 radical (unpaired) electrons. The molecule has 0 saturated carbocycles. The standard InChI is InChI=1S/C19H18FN5O3S/c1-29(27,28)25-10-16(18-22-11-23-24-18)15-8-13(5-6-17(15)25)19(26)21-9-12-3-2-4-14(20)7-12/h2-8,11,16H,9-10H2,1H3,(H,21,26)(H,22,23,24)/t16-/m1/s1. The maximum absolute atomic E-state index is 13.3. The molecular formula is C19H18FN5O3S. The third-order valence-corrected chi connectivity index (χ3v) is 5.93. The number of aromatic nitrogens is 3. The lowest BCUT2D eigenvalue weighted by molar-refractivity contribution is 0.0950. The Morgan fingerprint density at radius 3 is 2.83 bits per heavy atom. The Kier molecular flexibility index (Phi) is 4.79. The minimum absolute atomic E-state index is 0.175. The summed E-state index contributed by atoms with van der Waals surface area (Å²) in [7, 11) is -3.49. The first-order valence-corrected chi connectivity index (χ1v) is 10.7. The summed E-state index contributed by atoms with van der Waals surface area (Å²) < 4.78 is 39.0. The van der Waals surface area contributed by atoms with Crippen molar-refractivity contribution in [2.75, 3.05) is 17.1 Å². The van der Waals surface area contributed by atoms with Gasteiger partial charge in [0, 0.05) is 18.7 Å². The predicted molar refractivity (Wildman–Crippen MR) is 104 cm³/mol. The van der Waals surface area contributed by atoms with E-state index in [2.05, 4.69) is 20.5 Å². The largest absolute Gasteiger partial charge is 0.348 e. The second-order valence-corrected chi connectivity index (χ2v) is 8.71. The summed E-state index contributed by atoms with van der Waals surface area (Å²) in [6.45, 7) is 0.354. The Bertz CT molecular complexity index is 1160. The van der Waals surface area contributed by atoms with Gasteiger partial charge in [0.05, 0.1) is 17.9 Å². The van der Waals surface area contributed by atoms with E-state index in [4.69, 9.17) is 0 Å². The molecule has 10 heteroatoms. The van der Waals surface area contributed by atoms with Crippen molar-refractivity contribution in [2.45, 2.75) is 12.5 Å². The van der Waals surface area contributed by atoms with Crippen molar-refractivity contribution in [3.05, 3.63) is 77.1 Å². The van der Waals surface area contributed by atoms with E-state index in [-0.39, 0.29) is 30.7 Å². The number of rotatable bonds is 5. The van der Waals surface area contributed by atoms with E-state index >= 15 is 0 Å². The lowest BCUT2D eigenvalue weighted by Gasteiger charge is -2.16. The van der Waals surface area contributed by atoms with Crippen LogP contribution < -0.4 is 9.62 Å². The van der Waals surface area contributed by atoms with Gasteiger partial charge >= 0.3 is 0 Å². The van der Waals surface area contributed by atoms with E-state index in [0.29, 0.717) is 28.2 Å². The van der Waals surface area contributed by atoms with Gasteiger partial charge < -0.3 is 5.32 Å². The molecule has 0 bridgehead atoms. The number of carbonyl (C=O) groups excluding carboxylic acids is 1. The first-order valence-electron chi connectivity index (χ1n) is 8.82. The molecule has 150 valence electrons. The van der Waals surface area contributed by atoms with Crippen molar-refractivity contribution in [2.24, 2.45) is 0 Å². The first kappa shape index (κ1) is 19.1. The van der Waals surface area contributed by atoms with Gasteiger partial charge in [0.2, 0.25) is 10.0 Å². The number of nitrogens with zero attached hydrogens (tertiary/aromatic N) is 3. The number of hydrogen-bond acceptors (Lipinski definition) is 5. The SMILES string of the molecule is CS(=O)(=O)N1C[C@@H](c2ncn[nH]2)c2cc(C(=O)NCc3cccc(F)c3)ccc21. The predicted octanol–water partition coefficient (Wildman–Crippen LogP) is 1.79. The molecule has 8 nitrogen and oxygen atoms in total. The molecule has 0 spiro atoms. The van der Waals surface area contributed by atoms with Gasteiger partial charge in [-0.05, 0) is 41.5 Å². The van der Waals surface area contributed by atoms with Crippen molar-refractivity contribution in [3.8, 4) is 0 Å². The van der Waals surface area contributed by atoms with Crippen LogP contribution in [-0.2, 0) is 16.6 Å². The minimum atomic E-state index is -3.49. The van der Waals surface area contributed by atoms with E-state index in [1.165, 1.54) is 22.8 Å². The van der Waals surface area contributed by atoms with Crippen LogP contribution in [0.5, 0.6) is 0 Å². The molecule has 0 saturated heterocycles. The van der Waals surface area contributed by atoms with E-state index in [1.807, 2.05) is 0 Å². The highest BCUT2D eigenvalue weighted by molar-refractivity contribution is 7.92. The van der Waals surface area contributed by atoms with Crippen molar-refractivity contribution in [3.63, 3.8) is 0 Å². The topological polar surface area (TPSA) is 108 Å². The van der Waals surface area contributed by atoms with Gasteiger partial charge in [0.1, 0.15) is 18.0 Å². The molecule has 3 aromatic rings. The average Bonchev–Trinajstić information content (AvgIpc) is 3.32. The number of anilines is 1. The molecule has 1 atom stereocenters. The third-order valence-electron chi connectivity index (χ3n) is 4.79. The molecule has 1 aliphatic heterocycles. The average molecular weight is 415 g/mol. The molecule has 29 heavy (non-hydrogen) atoms. The number of benzene rings is 2. The Hall–Kier alpha value is -3.27. The van der Waals surface area contributed by atoms with Crippen LogP contribution in [0.3, 0.4) is 0 Å². The van der Waals surface area contributed by atoms with Crippen LogP contribution in [0.15, 0.2) is 48.8 Å². The molecular weight excluding hydrogens is 397 g/mol. The molecule has 2 heterocycles. The van der Waals surface area contributed by atoms with Crippen LogP contribution in [0.4, 0.5) is 10.1 Å². The smallest absolute Gasteiger partial charge is 0.251 e. The summed E-state index contributed by atoms with van der Waals surface area (Å²) in [4.78, 5) is 16.8. The molecule has 0 unspecified atom stereocenters. The van der Waals surface area contributed by atoms with Crippen LogP contribution in [0.2, 0.25) is 0 Å². The summed E-state index contributed by atoms with van der Waals surface area (Å²) >= 11 is 0. The molecule has 2 aromatic carbocycles. The van der Waals surface area contributed by atoms with Crippen LogP contribution in [0, 0.1) is 5.82 Å². The molecule has 0 aliphatic carbocycles. The fraction of sp³-hybridized carbons (Fsp3) is 0.211. The van der Waals surface area contributed by atoms with Crippen molar-refractivity contribution >= 4 is 21.6 Å². The van der Waals surface area contributed by atoms with Crippen LogP contribution in [0.1, 0.15) is 33.2 Å². The number of nitrogens with one attached hydrogen (secondary N) is 2. The number of H-pyrrole nitrogens is 1. The maximum atomic E-state index is 13.3. The highest BCUT2D eigenvalue weighted by Gasteiger charge is 2.36. The number of carbonyl (C=O) groups is 1. The summed E-state index contributed by atoms with van der Waals surface area (Å²) in [6, 6.07) is 10.8. The Morgan fingerprint density at radius 2 is 2.14 bits per heavy atom. The summed E-state index contributed by atoms with van der Waals surface area (Å²) in [5.74, 6) is -0.552. The van der Waals surface area contributed by atoms with Gasteiger partial charge in [0.15, 0.2) is 0 Å². The second-order valence-electron chi connectivity index (χ2n) is 6.80. The van der Waals surface area contributed by atoms with Crippen LogP contribution in [0.25, 0.3) is 0 Å². The van der Waals surface area contributed by atoms with Crippen molar-refractivity contribution in [1.29, 1.82) is 0 Å². The van der Waals surface area contributed by atoms with Gasteiger partial charge in [-0.15, -0.1) is 0 Å². The van der Waals surface area contributed by atoms with Crippen LogP contribution >= 0.6 is 0 Å². The lowest BCUT2D eigenvalue weighted by Crippen LogP contribution is -2.29. The summed E-state index contributed by atoms with van der Waals surface area (Å²) in [5.41, 5.74) is 2.20. The second kappa shape index (κ2) is 7.28. The zero-order valence-corrected chi connectivity index (χ0v) is 16.3. The Morgan fingerprint density at radius 1 is 1.31 bits per heavy atom. The third kappa shape index (κ3) is 3.83. The fourth-order valence-electron chi connectivity index (χ4n) is 3.43. The highest BCUT2D eigenvalue weighted by atomic mass is 32.2. The zero-order valence-electron chi connectivity index (χ0n) is 15.5. The Labute approximate surface area is 166 Å². The fourth-order valence-corrected chi connectivity index (χ4v) is 4.37. The molecule has 0 fully saturated rings. The number of amides is 1. The summed E-state index contributed by atoms with van der Waals surface area (Å²) in [6.07, 6.45) is 2.49. The van der Waals surface area contributed by atoms with Crippen molar-refractivity contribution in [1.82, 2.24) is 20.5 Å². The van der Waals surface area contributed by atoms with E-state index < -0.39 is 10.0 Å². The first-order chi connectivity index (χ1) is 13.8. The number of hydrogen-bond donors (Lipinski definition) is 2. The number of fused-ring (bicyclic) bond motifs is 1. The number of aromatic amines is 1. The van der Waals surface area contributed by atoms with E-state index in [1.54, 1.807) is 30.3 Å². The number of sulfonamides is 1. The monoisotopic (exact) mass is 415 g/mol. The van der Waals surface area contributed by atoms with Gasteiger partial charge in [-0.3, -0.25) is 14.2 Å². The normalized spacial score (nSPS) is 15.9. The Balaban J connectivity index is 1.62. The quantitative estimate of drug-likeness (QED) is 0.661. The molecule has 1 aromatic heterocycles. The minimum Gasteiger partial charge on any atom is -0.348 e. The molecule has 2 N–H and O–H groups in total. The molecule has 4 rings (SSSR count). The highest BCUT2D eigenvalue weighted by Crippen LogP contribution is 2.40. The van der Waals surface area contributed by atoms with E-state index in [0.717, 1.165) is 6.26 Å². The van der Waals surface area contributed by atoms with Crippen molar-refractivity contribution < 1.29 is 17.6 Å². The lowest BCUT2D eigenvalue weighted by atomic mass is 9.98. The number of halogens is 1. The summed E-state index contributed by atoms with van der Waals surface area (Å²) in [5, 5.41) is 9.37. The van der Waals surface area contributed by atoms with E-state index in [9.17, 15) is 17.6 Å². The maximum Gasteiger partial charge on any atom is 0.251 e. The van der Waals surface area contributed by atoms with Gasteiger partial charge in [0.25, 0.3) is 5.91 Å². The van der Waals surface area contributed by atoms with Crippen LogP contribution in [-0.4, -0.2) is 42.3 Å². The van der Waals surface area contributed by atoms with Gasteiger partial charge in [-0.2, -0.15) is 5.10 Å². The molecule has 1 aliphatic rings. The molecule has 1 amide bonds. The van der Waals surface area contributed by atoms with Gasteiger partial charge in [-0.1, -0.05) is 12.1 Å².